The average molecular weight is 285 g/mol. The van der Waals surface area contributed by atoms with E-state index in [0.29, 0.717) is 11.3 Å². The third kappa shape index (κ3) is 3.20. The van der Waals surface area contributed by atoms with Crippen molar-refractivity contribution in [2.24, 2.45) is 5.73 Å². The molecule has 0 aromatic heterocycles. The van der Waals surface area contributed by atoms with Crippen LogP contribution in [0.3, 0.4) is 0 Å². The van der Waals surface area contributed by atoms with E-state index in [1.54, 1.807) is 6.07 Å². The average Bonchev–Trinajstić information content (AvgIpc) is 2.47. The van der Waals surface area contributed by atoms with Crippen LogP contribution in [0.4, 0.5) is 0 Å². The molecular formula is C16H15NO4. The zero-order valence-corrected chi connectivity index (χ0v) is 11.5. The van der Waals surface area contributed by atoms with E-state index in [1.807, 2.05) is 30.3 Å². The summed E-state index contributed by atoms with van der Waals surface area (Å²) in [6, 6.07) is 12.4. The minimum atomic E-state index is -1.12. The number of hydrogen-bond donors (Lipinski definition) is 2. The maximum Gasteiger partial charge on any atom is 0.336 e. The number of rotatable bonds is 5. The normalized spacial score (nSPS) is 10.1. The number of carbonyl (C=O) groups is 2. The molecule has 0 unspecified atom stereocenters. The Morgan fingerprint density at radius 3 is 2.38 bits per heavy atom. The van der Waals surface area contributed by atoms with Crippen LogP contribution in [-0.2, 0) is 11.2 Å². The Morgan fingerprint density at radius 1 is 1.19 bits per heavy atom. The van der Waals surface area contributed by atoms with Gasteiger partial charge in [-0.15, -0.1) is 0 Å². The van der Waals surface area contributed by atoms with Crippen molar-refractivity contribution in [3.8, 4) is 16.9 Å². The summed E-state index contributed by atoms with van der Waals surface area (Å²) in [5.74, 6) is -1.27. The van der Waals surface area contributed by atoms with E-state index in [1.165, 1.54) is 13.2 Å². The number of methoxy groups -OCH3 is 1. The highest BCUT2D eigenvalue weighted by Crippen LogP contribution is 2.33. The summed E-state index contributed by atoms with van der Waals surface area (Å²) in [7, 11) is 1.47. The van der Waals surface area contributed by atoms with E-state index >= 15 is 0 Å². The second-order valence-electron chi connectivity index (χ2n) is 4.52. The van der Waals surface area contributed by atoms with Gasteiger partial charge >= 0.3 is 5.97 Å². The SMILES string of the molecule is COc1cc(C(=O)O)c(CC(N)=O)cc1-c1ccccc1. The number of carboxylic acids is 1. The topological polar surface area (TPSA) is 89.6 Å². The molecule has 0 saturated heterocycles. The van der Waals surface area contributed by atoms with Crippen LogP contribution in [0.1, 0.15) is 15.9 Å². The van der Waals surface area contributed by atoms with Gasteiger partial charge in [0, 0.05) is 5.56 Å². The molecule has 0 bridgehead atoms. The van der Waals surface area contributed by atoms with E-state index in [9.17, 15) is 14.7 Å². The van der Waals surface area contributed by atoms with Gasteiger partial charge in [0.15, 0.2) is 0 Å². The largest absolute Gasteiger partial charge is 0.496 e. The molecule has 0 spiro atoms. The molecule has 0 aliphatic rings. The monoisotopic (exact) mass is 285 g/mol. The fourth-order valence-corrected chi connectivity index (χ4v) is 2.17. The van der Waals surface area contributed by atoms with Crippen LogP contribution in [0, 0.1) is 0 Å². The van der Waals surface area contributed by atoms with Crippen molar-refractivity contribution < 1.29 is 19.4 Å². The predicted octanol–water partition coefficient (Wildman–Crippen LogP) is 2.09. The van der Waals surface area contributed by atoms with Crippen molar-refractivity contribution in [1.29, 1.82) is 0 Å². The van der Waals surface area contributed by atoms with Crippen molar-refractivity contribution in [3.05, 3.63) is 53.6 Å². The summed E-state index contributed by atoms with van der Waals surface area (Å²) in [5, 5.41) is 9.25. The minimum absolute atomic E-state index is 0.0188. The van der Waals surface area contributed by atoms with E-state index in [-0.39, 0.29) is 12.0 Å². The van der Waals surface area contributed by atoms with Crippen molar-refractivity contribution in [3.63, 3.8) is 0 Å². The van der Waals surface area contributed by atoms with Gasteiger partial charge in [-0.05, 0) is 23.3 Å². The van der Waals surface area contributed by atoms with Gasteiger partial charge in [-0.2, -0.15) is 0 Å². The third-order valence-corrected chi connectivity index (χ3v) is 3.11. The fourth-order valence-electron chi connectivity index (χ4n) is 2.17. The first kappa shape index (κ1) is 14.6. The van der Waals surface area contributed by atoms with Gasteiger partial charge < -0.3 is 15.6 Å². The van der Waals surface area contributed by atoms with E-state index in [4.69, 9.17) is 10.5 Å². The second kappa shape index (κ2) is 6.09. The van der Waals surface area contributed by atoms with Crippen LogP contribution in [0.5, 0.6) is 5.75 Å². The molecule has 3 N–H and O–H groups in total. The molecule has 5 heteroatoms. The standard InChI is InChI=1S/C16H15NO4/c1-21-14-9-13(16(19)20)11(8-15(17)18)7-12(14)10-5-3-2-4-6-10/h2-7,9H,8H2,1H3,(H2,17,18)(H,19,20). The lowest BCUT2D eigenvalue weighted by Gasteiger charge is -2.13. The summed E-state index contributed by atoms with van der Waals surface area (Å²) in [6.45, 7) is 0. The molecule has 2 rings (SSSR count). The summed E-state index contributed by atoms with van der Waals surface area (Å²) in [6.07, 6.45) is -0.133. The quantitative estimate of drug-likeness (QED) is 0.880. The van der Waals surface area contributed by atoms with Crippen molar-refractivity contribution in [2.45, 2.75) is 6.42 Å². The summed E-state index contributed by atoms with van der Waals surface area (Å²) < 4.78 is 5.27. The smallest absolute Gasteiger partial charge is 0.336 e. The molecule has 0 radical (unpaired) electrons. The molecule has 0 fully saturated rings. The molecule has 0 aliphatic carbocycles. The van der Waals surface area contributed by atoms with Crippen LogP contribution in [-0.4, -0.2) is 24.1 Å². The molecule has 108 valence electrons. The highest BCUT2D eigenvalue weighted by atomic mass is 16.5. The Hall–Kier alpha value is -2.82. The molecule has 0 heterocycles. The van der Waals surface area contributed by atoms with Crippen LogP contribution in [0.15, 0.2) is 42.5 Å². The first-order valence-electron chi connectivity index (χ1n) is 6.31. The molecule has 0 saturated carbocycles. The number of aromatic carboxylic acids is 1. The number of carboxylic acid groups (broad SMARTS) is 1. The van der Waals surface area contributed by atoms with Crippen LogP contribution < -0.4 is 10.5 Å². The lowest BCUT2D eigenvalue weighted by atomic mass is 9.96. The van der Waals surface area contributed by atoms with E-state index < -0.39 is 11.9 Å². The first-order chi connectivity index (χ1) is 10.0. The Bertz CT molecular complexity index is 680. The molecule has 1 amide bonds. The van der Waals surface area contributed by atoms with Gasteiger partial charge in [-0.1, -0.05) is 30.3 Å². The zero-order valence-electron chi connectivity index (χ0n) is 11.5. The molecule has 2 aromatic rings. The van der Waals surface area contributed by atoms with E-state index in [0.717, 1.165) is 11.1 Å². The number of primary amides is 1. The van der Waals surface area contributed by atoms with Gasteiger partial charge in [0.1, 0.15) is 5.75 Å². The van der Waals surface area contributed by atoms with Crippen LogP contribution in [0.25, 0.3) is 11.1 Å². The summed E-state index contributed by atoms with van der Waals surface area (Å²) in [4.78, 5) is 22.5. The molecule has 21 heavy (non-hydrogen) atoms. The highest BCUT2D eigenvalue weighted by Gasteiger charge is 2.17. The van der Waals surface area contributed by atoms with E-state index in [2.05, 4.69) is 0 Å². The molecular weight excluding hydrogens is 270 g/mol. The maximum absolute atomic E-state index is 11.3. The Balaban J connectivity index is 2.65. The van der Waals surface area contributed by atoms with Gasteiger partial charge in [-0.3, -0.25) is 4.79 Å². The lowest BCUT2D eigenvalue weighted by molar-refractivity contribution is -0.117. The van der Waals surface area contributed by atoms with Crippen molar-refractivity contribution in [2.75, 3.05) is 7.11 Å². The number of carbonyl (C=O) groups excluding carboxylic acids is 1. The van der Waals surface area contributed by atoms with Gasteiger partial charge in [-0.25, -0.2) is 4.79 Å². The zero-order chi connectivity index (χ0) is 15.4. The lowest BCUT2D eigenvalue weighted by Crippen LogP contribution is -2.16. The van der Waals surface area contributed by atoms with Gasteiger partial charge in [0.05, 0.1) is 19.1 Å². The Morgan fingerprint density at radius 2 is 1.86 bits per heavy atom. The van der Waals surface area contributed by atoms with Crippen molar-refractivity contribution in [1.82, 2.24) is 0 Å². The molecule has 5 nitrogen and oxygen atoms in total. The number of benzene rings is 2. The maximum atomic E-state index is 11.3. The number of amides is 1. The van der Waals surface area contributed by atoms with Gasteiger partial charge in [0.25, 0.3) is 0 Å². The number of ether oxygens (including phenoxy) is 1. The van der Waals surface area contributed by atoms with Crippen LogP contribution >= 0.6 is 0 Å². The third-order valence-electron chi connectivity index (χ3n) is 3.11. The minimum Gasteiger partial charge on any atom is -0.496 e. The first-order valence-corrected chi connectivity index (χ1v) is 6.31. The van der Waals surface area contributed by atoms with Gasteiger partial charge in [0.2, 0.25) is 5.91 Å². The Kier molecular flexibility index (Phi) is 4.23. The summed E-state index contributed by atoms with van der Waals surface area (Å²) >= 11 is 0. The molecule has 0 aliphatic heterocycles. The Labute approximate surface area is 122 Å². The molecule has 2 aromatic carbocycles. The fraction of sp³-hybridized carbons (Fsp3) is 0.125. The molecule has 0 atom stereocenters. The van der Waals surface area contributed by atoms with Crippen molar-refractivity contribution >= 4 is 11.9 Å². The predicted molar refractivity (Wildman–Crippen MR) is 78.3 cm³/mol. The second-order valence-corrected chi connectivity index (χ2v) is 4.52. The number of nitrogens with two attached hydrogens (primary N) is 1. The highest BCUT2D eigenvalue weighted by molar-refractivity contribution is 5.93. The summed E-state index contributed by atoms with van der Waals surface area (Å²) in [5.41, 5.74) is 7.17. The van der Waals surface area contributed by atoms with Crippen LogP contribution in [0.2, 0.25) is 0 Å². The number of hydrogen-bond acceptors (Lipinski definition) is 3.